The first-order valence-corrected chi connectivity index (χ1v) is 8.82. The molecule has 0 aliphatic carbocycles. The van der Waals surface area contributed by atoms with E-state index in [1.165, 1.54) is 11.3 Å². The topological polar surface area (TPSA) is 74.5 Å². The Morgan fingerprint density at radius 3 is 2.79 bits per heavy atom. The minimum atomic E-state index is 0.0365. The van der Waals surface area contributed by atoms with Gasteiger partial charge in [0, 0.05) is 43.7 Å². The lowest BCUT2D eigenvalue weighted by Gasteiger charge is -2.34. The number of hydrogen-bond donors (Lipinski definition) is 1. The van der Waals surface area contributed by atoms with Gasteiger partial charge in [-0.2, -0.15) is 5.10 Å². The Balaban J connectivity index is 1.42. The van der Waals surface area contributed by atoms with Crippen molar-refractivity contribution < 1.29 is 9.90 Å². The molecule has 0 unspecified atom stereocenters. The average molecular weight is 347 g/mol. The maximum atomic E-state index is 12.3. The van der Waals surface area contributed by atoms with E-state index in [1.807, 2.05) is 27.1 Å². The average Bonchev–Trinajstić information content (AvgIpc) is 3.29. The first-order valence-electron chi connectivity index (χ1n) is 7.94. The molecule has 2 aromatic rings. The standard InChI is InChI=1S/C16H21N5O2S/c22-10-14-9-15(24-11-14)1-2-16(23)20-6-3-19(4-7-20)5-8-21-13-17-12-18-21/h1-2,9,11-13,22H,3-8,10H2/b2-1+. The summed E-state index contributed by atoms with van der Waals surface area (Å²) in [6.45, 7) is 5.01. The largest absolute Gasteiger partial charge is 0.392 e. The van der Waals surface area contributed by atoms with Crippen molar-refractivity contribution in [2.75, 3.05) is 32.7 Å². The number of thiophene rings is 1. The zero-order chi connectivity index (χ0) is 16.8. The lowest BCUT2D eigenvalue weighted by molar-refractivity contribution is -0.127. The summed E-state index contributed by atoms with van der Waals surface area (Å²) in [6, 6.07) is 1.90. The van der Waals surface area contributed by atoms with Gasteiger partial charge in [0.2, 0.25) is 5.91 Å². The van der Waals surface area contributed by atoms with Gasteiger partial charge in [-0.15, -0.1) is 11.3 Å². The van der Waals surface area contributed by atoms with E-state index in [0.29, 0.717) is 0 Å². The van der Waals surface area contributed by atoms with E-state index < -0.39 is 0 Å². The molecular formula is C16H21N5O2S. The van der Waals surface area contributed by atoms with Gasteiger partial charge in [-0.1, -0.05) is 0 Å². The Morgan fingerprint density at radius 1 is 1.29 bits per heavy atom. The van der Waals surface area contributed by atoms with Crippen LogP contribution in [0.25, 0.3) is 6.08 Å². The molecule has 8 heteroatoms. The molecule has 24 heavy (non-hydrogen) atoms. The number of piperazine rings is 1. The second-order valence-electron chi connectivity index (χ2n) is 5.67. The molecule has 1 aliphatic rings. The number of carbonyl (C=O) groups is 1. The van der Waals surface area contributed by atoms with Crippen LogP contribution in [0.2, 0.25) is 0 Å². The van der Waals surface area contributed by atoms with Crippen molar-refractivity contribution in [2.45, 2.75) is 13.2 Å². The van der Waals surface area contributed by atoms with E-state index in [-0.39, 0.29) is 12.5 Å². The summed E-state index contributed by atoms with van der Waals surface area (Å²) >= 11 is 1.53. The second-order valence-corrected chi connectivity index (χ2v) is 6.62. The van der Waals surface area contributed by atoms with Crippen molar-refractivity contribution in [1.82, 2.24) is 24.6 Å². The van der Waals surface area contributed by atoms with Gasteiger partial charge in [-0.25, -0.2) is 4.98 Å². The van der Waals surface area contributed by atoms with Crippen molar-refractivity contribution in [1.29, 1.82) is 0 Å². The van der Waals surface area contributed by atoms with Crippen LogP contribution in [0.15, 0.2) is 30.2 Å². The van der Waals surface area contributed by atoms with Crippen LogP contribution in [-0.2, 0) is 17.9 Å². The SMILES string of the molecule is O=C(/C=C/c1cc(CO)cs1)N1CCN(CCn2cncn2)CC1. The molecule has 2 aromatic heterocycles. The van der Waals surface area contributed by atoms with Crippen LogP contribution in [0.3, 0.4) is 0 Å². The van der Waals surface area contributed by atoms with E-state index in [0.717, 1.165) is 49.7 Å². The Morgan fingerprint density at radius 2 is 2.12 bits per heavy atom. The molecule has 0 saturated carbocycles. The van der Waals surface area contributed by atoms with E-state index in [2.05, 4.69) is 15.0 Å². The number of rotatable bonds is 6. The Bertz CT molecular complexity index is 674. The number of nitrogens with zero attached hydrogens (tertiary/aromatic N) is 5. The first-order chi connectivity index (χ1) is 11.7. The number of aliphatic hydroxyl groups is 1. The normalized spacial score (nSPS) is 16.1. The molecule has 3 heterocycles. The van der Waals surface area contributed by atoms with Gasteiger partial charge in [-0.05, 0) is 23.1 Å². The van der Waals surface area contributed by atoms with Gasteiger partial charge in [0.15, 0.2) is 0 Å². The molecule has 1 aliphatic heterocycles. The molecule has 3 rings (SSSR count). The van der Waals surface area contributed by atoms with E-state index >= 15 is 0 Å². The summed E-state index contributed by atoms with van der Waals surface area (Å²) in [4.78, 5) is 21.4. The van der Waals surface area contributed by atoms with E-state index in [4.69, 9.17) is 5.11 Å². The predicted octanol–water partition coefficient (Wildman–Crippen LogP) is 0.690. The van der Waals surface area contributed by atoms with Gasteiger partial charge in [0.1, 0.15) is 12.7 Å². The van der Waals surface area contributed by atoms with Crippen LogP contribution in [-0.4, -0.2) is 68.3 Å². The van der Waals surface area contributed by atoms with Gasteiger partial charge in [0.05, 0.1) is 13.2 Å². The maximum absolute atomic E-state index is 12.3. The summed E-state index contributed by atoms with van der Waals surface area (Å²) in [5.41, 5.74) is 0.882. The van der Waals surface area contributed by atoms with Crippen molar-refractivity contribution in [3.8, 4) is 0 Å². The predicted molar refractivity (Wildman–Crippen MR) is 92.3 cm³/mol. The summed E-state index contributed by atoms with van der Waals surface area (Å²) in [6.07, 6.45) is 6.71. The van der Waals surface area contributed by atoms with Crippen LogP contribution in [0.4, 0.5) is 0 Å². The van der Waals surface area contributed by atoms with Gasteiger partial charge in [0.25, 0.3) is 0 Å². The van der Waals surface area contributed by atoms with Gasteiger partial charge in [-0.3, -0.25) is 14.4 Å². The van der Waals surface area contributed by atoms with Crippen LogP contribution in [0.5, 0.6) is 0 Å². The fourth-order valence-electron chi connectivity index (χ4n) is 2.61. The minimum absolute atomic E-state index is 0.0365. The van der Waals surface area contributed by atoms with Crippen molar-refractivity contribution in [3.05, 3.63) is 40.6 Å². The molecule has 1 N–H and O–H groups in total. The molecule has 0 atom stereocenters. The molecular weight excluding hydrogens is 326 g/mol. The number of carbonyl (C=O) groups excluding carboxylic acids is 1. The number of amides is 1. The molecule has 1 amide bonds. The van der Waals surface area contributed by atoms with Crippen molar-refractivity contribution in [3.63, 3.8) is 0 Å². The summed E-state index contributed by atoms with van der Waals surface area (Å²) in [7, 11) is 0. The number of hydrogen-bond acceptors (Lipinski definition) is 6. The fourth-order valence-corrected chi connectivity index (χ4v) is 3.40. The van der Waals surface area contributed by atoms with Crippen LogP contribution in [0, 0.1) is 0 Å². The highest BCUT2D eigenvalue weighted by molar-refractivity contribution is 7.11. The quantitative estimate of drug-likeness (QED) is 0.778. The molecule has 0 aromatic carbocycles. The second kappa shape index (κ2) is 8.18. The lowest BCUT2D eigenvalue weighted by atomic mass is 10.2. The molecule has 128 valence electrons. The summed E-state index contributed by atoms with van der Waals surface area (Å²) in [5.74, 6) is 0.0462. The van der Waals surface area contributed by atoms with Gasteiger partial charge < -0.3 is 10.0 Å². The molecule has 1 saturated heterocycles. The Kier molecular flexibility index (Phi) is 5.73. The van der Waals surface area contributed by atoms with Crippen molar-refractivity contribution >= 4 is 23.3 Å². The zero-order valence-corrected chi connectivity index (χ0v) is 14.2. The summed E-state index contributed by atoms with van der Waals surface area (Å²) in [5, 5.41) is 15.1. The summed E-state index contributed by atoms with van der Waals surface area (Å²) < 4.78 is 1.82. The third kappa shape index (κ3) is 4.50. The smallest absolute Gasteiger partial charge is 0.246 e. The van der Waals surface area contributed by atoms with Crippen molar-refractivity contribution in [2.24, 2.45) is 0 Å². The monoisotopic (exact) mass is 347 g/mol. The fraction of sp³-hybridized carbons (Fsp3) is 0.438. The maximum Gasteiger partial charge on any atom is 0.246 e. The zero-order valence-electron chi connectivity index (χ0n) is 13.4. The minimum Gasteiger partial charge on any atom is -0.392 e. The van der Waals surface area contributed by atoms with Crippen LogP contribution < -0.4 is 0 Å². The molecule has 1 fully saturated rings. The van der Waals surface area contributed by atoms with Crippen LogP contribution in [0.1, 0.15) is 10.4 Å². The number of aromatic nitrogens is 3. The highest BCUT2D eigenvalue weighted by Crippen LogP contribution is 2.16. The molecule has 0 spiro atoms. The highest BCUT2D eigenvalue weighted by Gasteiger charge is 2.19. The molecule has 0 bridgehead atoms. The lowest BCUT2D eigenvalue weighted by Crippen LogP contribution is -2.48. The third-order valence-corrected chi connectivity index (χ3v) is 4.99. The third-order valence-electron chi connectivity index (χ3n) is 4.04. The van der Waals surface area contributed by atoms with Crippen LogP contribution >= 0.6 is 11.3 Å². The Hall–Kier alpha value is -2.03. The number of aliphatic hydroxyl groups excluding tert-OH is 1. The van der Waals surface area contributed by atoms with E-state index in [1.54, 1.807) is 18.7 Å². The van der Waals surface area contributed by atoms with E-state index in [9.17, 15) is 4.79 Å². The first kappa shape index (κ1) is 16.8. The van der Waals surface area contributed by atoms with Gasteiger partial charge >= 0.3 is 0 Å². The highest BCUT2D eigenvalue weighted by atomic mass is 32.1. The molecule has 7 nitrogen and oxygen atoms in total. The Labute approximate surface area is 144 Å². The molecule has 0 radical (unpaired) electrons.